The summed E-state index contributed by atoms with van der Waals surface area (Å²) < 4.78 is 29.5. The van der Waals surface area contributed by atoms with Crippen molar-refractivity contribution in [1.82, 2.24) is 10.2 Å². The predicted molar refractivity (Wildman–Crippen MR) is 104 cm³/mol. The van der Waals surface area contributed by atoms with Crippen molar-refractivity contribution in [1.29, 1.82) is 0 Å². The average molecular weight is 403 g/mol. The van der Waals surface area contributed by atoms with Crippen molar-refractivity contribution >= 4 is 17.6 Å². The normalized spacial score (nSPS) is 12.4. The molecular weight excluding hydrogens is 381 g/mol. The molecule has 2 N–H and O–H groups in total. The van der Waals surface area contributed by atoms with Crippen LogP contribution in [0, 0.1) is 5.82 Å². The number of carbonyl (C=O) groups excluding carboxylic acids is 2. The highest BCUT2D eigenvalue weighted by molar-refractivity contribution is 6.01. The largest absolute Gasteiger partial charge is 0.494 e. The Morgan fingerprint density at radius 1 is 1.14 bits per heavy atom. The maximum absolute atomic E-state index is 13.8. The second kappa shape index (κ2) is 9.24. The first-order valence-corrected chi connectivity index (χ1v) is 8.96. The Hall–Kier alpha value is -3.33. The lowest BCUT2D eigenvalue weighted by Crippen LogP contribution is -2.40. The van der Waals surface area contributed by atoms with Crippen LogP contribution in [0.25, 0.3) is 0 Å². The molecule has 0 saturated carbocycles. The number of benzene rings is 2. The van der Waals surface area contributed by atoms with E-state index >= 15 is 0 Å². The van der Waals surface area contributed by atoms with Gasteiger partial charge in [0.05, 0.1) is 13.7 Å². The quantitative estimate of drug-likeness (QED) is 0.770. The Bertz CT molecular complexity index is 906. The van der Waals surface area contributed by atoms with Crippen LogP contribution >= 0.6 is 0 Å². The summed E-state index contributed by atoms with van der Waals surface area (Å²) in [5, 5.41) is 4.84. The Kier molecular flexibility index (Phi) is 6.50. The van der Waals surface area contributed by atoms with Crippen LogP contribution < -0.4 is 24.8 Å². The Labute approximate surface area is 167 Å². The maximum Gasteiger partial charge on any atom is 0.325 e. The Balaban J connectivity index is 1.48. The van der Waals surface area contributed by atoms with E-state index in [-0.39, 0.29) is 12.3 Å². The number of fused-ring (bicyclic) bond motifs is 1. The average Bonchev–Trinajstić information content (AvgIpc) is 2.67. The summed E-state index contributed by atoms with van der Waals surface area (Å²) >= 11 is 0. The van der Waals surface area contributed by atoms with Crippen molar-refractivity contribution < 1.29 is 28.2 Å². The molecule has 0 radical (unpaired) electrons. The lowest BCUT2D eigenvalue weighted by Gasteiger charge is -2.19. The highest BCUT2D eigenvalue weighted by Crippen LogP contribution is 2.32. The molecule has 3 amide bonds. The zero-order chi connectivity index (χ0) is 20.8. The smallest absolute Gasteiger partial charge is 0.325 e. The number of likely N-dealkylation sites (N-methyl/N-ethyl adjacent to an activating group) is 1. The number of hydrogen-bond acceptors (Lipinski definition) is 6. The minimum absolute atomic E-state index is 0.0395. The lowest BCUT2D eigenvalue weighted by molar-refractivity contribution is -0.120. The fraction of sp³-hybridized carbons (Fsp3) is 0.300. The van der Waals surface area contributed by atoms with Gasteiger partial charge in [-0.05, 0) is 36.9 Å². The zero-order valence-corrected chi connectivity index (χ0v) is 16.2. The first-order chi connectivity index (χ1) is 13.9. The van der Waals surface area contributed by atoms with Gasteiger partial charge >= 0.3 is 6.03 Å². The summed E-state index contributed by atoms with van der Waals surface area (Å²) in [6.45, 7) is 1.21. The second-order valence-electron chi connectivity index (χ2n) is 6.50. The van der Waals surface area contributed by atoms with Crippen LogP contribution in [0.2, 0.25) is 0 Å². The number of methoxy groups -OCH3 is 1. The van der Waals surface area contributed by atoms with Gasteiger partial charge in [0.15, 0.2) is 23.1 Å². The summed E-state index contributed by atoms with van der Waals surface area (Å²) in [6, 6.07) is 8.90. The molecule has 0 aromatic heterocycles. The molecule has 3 rings (SSSR count). The number of anilines is 1. The predicted octanol–water partition coefficient (Wildman–Crippen LogP) is 2.39. The van der Waals surface area contributed by atoms with Crippen molar-refractivity contribution in [2.45, 2.75) is 6.54 Å². The molecule has 0 bridgehead atoms. The number of imide groups is 1. The lowest BCUT2D eigenvalue weighted by atomic mass is 10.2. The van der Waals surface area contributed by atoms with E-state index < -0.39 is 17.8 Å². The van der Waals surface area contributed by atoms with Crippen LogP contribution in [-0.4, -0.2) is 50.8 Å². The van der Waals surface area contributed by atoms with Crippen molar-refractivity contribution in [2.75, 3.05) is 39.2 Å². The molecule has 1 aliphatic rings. The summed E-state index contributed by atoms with van der Waals surface area (Å²) in [5.41, 5.74) is 1.15. The highest BCUT2D eigenvalue weighted by Gasteiger charge is 2.15. The second-order valence-corrected chi connectivity index (χ2v) is 6.50. The molecule has 1 aliphatic heterocycles. The fourth-order valence-electron chi connectivity index (χ4n) is 2.87. The minimum atomic E-state index is -0.657. The minimum Gasteiger partial charge on any atom is -0.494 e. The number of carbonyl (C=O) groups is 2. The zero-order valence-electron chi connectivity index (χ0n) is 16.2. The van der Waals surface area contributed by atoms with Crippen LogP contribution in [-0.2, 0) is 11.3 Å². The van der Waals surface area contributed by atoms with E-state index in [1.165, 1.54) is 19.2 Å². The summed E-state index contributed by atoms with van der Waals surface area (Å²) in [6.07, 6.45) is 0. The van der Waals surface area contributed by atoms with Crippen molar-refractivity contribution in [3.63, 3.8) is 0 Å². The van der Waals surface area contributed by atoms with Gasteiger partial charge < -0.3 is 19.5 Å². The number of ether oxygens (including phenoxy) is 3. The molecule has 0 fully saturated rings. The molecule has 0 spiro atoms. The van der Waals surface area contributed by atoms with Gasteiger partial charge in [-0.25, -0.2) is 9.18 Å². The molecule has 0 unspecified atom stereocenters. The summed E-state index contributed by atoms with van der Waals surface area (Å²) in [4.78, 5) is 25.8. The topological polar surface area (TPSA) is 89.1 Å². The van der Waals surface area contributed by atoms with E-state index in [1.807, 2.05) is 0 Å². The fourth-order valence-corrected chi connectivity index (χ4v) is 2.87. The van der Waals surface area contributed by atoms with E-state index in [0.717, 1.165) is 0 Å². The standard InChI is InChI=1S/C20H22FN3O5/c1-24(11-13-3-5-16(27-2)15(21)9-13)12-19(25)23-20(26)22-14-4-6-17-18(10-14)29-8-7-28-17/h3-6,9-10H,7-8,11-12H2,1-2H3,(H2,22,23,25,26). The van der Waals surface area contributed by atoms with E-state index in [9.17, 15) is 14.0 Å². The van der Waals surface area contributed by atoms with Gasteiger partial charge in [0.25, 0.3) is 0 Å². The molecule has 29 heavy (non-hydrogen) atoms. The summed E-state index contributed by atoms with van der Waals surface area (Å²) in [5.74, 6) is 0.338. The van der Waals surface area contributed by atoms with E-state index in [1.54, 1.807) is 36.2 Å². The molecule has 0 saturated heterocycles. The van der Waals surface area contributed by atoms with E-state index in [4.69, 9.17) is 14.2 Å². The molecule has 1 heterocycles. The summed E-state index contributed by atoms with van der Waals surface area (Å²) in [7, 11) is 3.09. The number of urea groups is 1. The first kappa shape index (κ1) is 20.4. The molecule has 9 heteroatoms. The van der Waals surface area contributed by atoms with Gasteiger partial charge in [-0.2, -0.15) is 0 Å². The third-order valence-electron chi connectivity index (χ3n) is 4.14. The third kappa shape index (κ3) is 5.58. The number of halogens is 1. The number of nitrogens with zero attached hydrogens (tertiary/aromatic N) is 1. The van der Waals surface area contributed by atoms with Gasteiger partial charge in [-0.3, -0.25) is 15.0 Å². The Morgan fingerprint density at radius 2 is 1.90 bits per heavy atom. The van der Waals surface area contributed by atoms with Gasteiger partial charge in [-0.15, -0.1) is 0 Å². The SMILES string of the molecule is COc1ccc(CN(C)CC(=O)NC(=O)Nc2ccc3c(c2)OCCO3)cc1F. The van der Waals surface area contributed by atoms with Crippen LogP contribution in [0.15, 0.2) is 36.4 Å². The molecule has 2 aromatic rings. The molecule has 2 aromatic carbocycles. The van der Waals surface area contributed by atoms with E-state index in [2.05, 4.69) is 10.6 Å². The van der Waals surface area contributed by atoms with E-state index in [0.29, 0.717) is 42.5 Å². The van der Waals surface area contributed by atoms with Gasteiger partial charge in [0, 0.05) is 18.3 Å². The van der Waals surface area contributed by atoms with Crippen LogP contribution in [0.1, 0.15) is 5.56 Å². The third-order valence-corrected chi connectivity index (χ3v) is 4.14. The number of amides is 3. The number of nitrogens with one attached hydrogen (secondary N) is 2. The molecule has 8 nitrogen and oxygen atoms in total. The number of rotatable bonds is 6. The molecular formula is C20H22FN3O5. The molecule has 154 valence electrons. The monoisotopic (exact) mass is 403 g/mol. The maximum atomic E-state index is 13.8. The van der Waals surface area contributed by atoms with Gasteiger partial charge in [-0.1, -0.05) is 6.07 Å². The number of hydrogen-bond donors (Lipinski definition) is 2. The Morgan fingerprint density at radius 3 is 2.62 bits per heavy atom. The molecule has 0 aliphatic carbocycles. The van der Waals surface area contributed by atoms with Crippen LogP contribution in [0.4, 0.5) is 14.9 Å². The van der Waals surface area contributed by atoms with Crippen molar-refractivity contribution in [3.05, 3.63) is 47.8 Å². The molecule has 0 atom stereocenters. The highest BCUT2D eigenvalue weighted by atomic mass is 19.1. The van der Waals surface area contributed by atoms with Gasteiger partial charge in [0.2, 0.25) is 5.91 Å². The van der Waals surface area contributed by atoms with Crippen molar-refractivity contribution in [3.8, 4) is 17.2 Å². The van der Waals surface area contributed by atoms with Gasteiger partial charge in [0.1, 0.15) is 13.2 Å². The van der Waals surface area contributed by atoms with Crippen molar-refractivity contribution in [2.24, 2.45) is 0 Å². The first-order valence-electron chi connectivity index (χ1n) is 8.96. The van der Waals surface area contributed by atoms with Crippen LogP contribution in [0.5, 0.6) is 17.2 Å². The van der Waals surface area contributed by atoms with Crippen LogP contribution in [0.3, 0.4) is 0 Å².